The van der Waals surface area contributed by atoms with Gasteiger partial charge >= 0.3 is 5.63 Å². The molecule has 7 nitrogen and oxygen atoms in total. The molecule has 3 aromatic heterocycles. The number of hydrogen-bond acceptors (Lipinski definition) is 6. The fraction of sp³-hybridized carbons (Fsp3) is 0.0682. The van der Waals surface area contributed by atoms with Crippen molar-refractivity contribution in [3.63, 3.8) is 0 Å². The third kappa shape index (κ3) is 6.06. The van der Waals surface area contributed by atoms with Gasteiger partial charge in [0.15, 0.2) is 0 Å². The van der Waals surface area contributed by atoms with Crippen molar-refractivity contribution in [3.05, 3.63) is 162 Å². The number of para-hydroxylation sites is 1. The molecule has 5 aromatic carbocycles. The third-order valence-corrected chi connectivity index (χ3v) is 9.14. The van der Waals surface area contributed by atoms with Gasteiger partial charge < -0.3 is 13.9 Å². The van der Waals surface area contributed by atoms with Gasteiger partial charge in [0.1, 0.15) is 22.8 Å². The van der Waals surface area contributed by atoms with Gasteiger partial charge in [-0.1, -0.05) is 48.5 Å². The molecule has 0 saturated carbocycles. The Morgan fingerprint density at radius 3 is 1.84 bits per heavy atom. The lowest BCUT2D eigenvalue weighted by Gasteiger charge is -2.13. The first-order chi connectivity index (χ1) is 25.0. The fourth-order valence-electron chi connectivity index (χ4n) is 6.45. The van der Waals surface area contributed by atoms with E-state index in [4.69, 9.17) is 24.0 Å². The number of ether oxygens (including phenoxy) is 2. The van der Waals surface area contributed by atoms with Crippen LogP contribution in [0.3, 0.4) is 0 Å². The largest absolute Gasteiger partial charge is 0.497 e. The first kappa shape index (κ1) is 31.5. The van der Waals surface area contributed by atoms with E-state index >= 15 is 0 Å². The van der Waals surface area contributed by atoms with Crippen molar-refractivity contribution in [2.45, 2.75) is 6.92 Å². The van der Waals surface area contributed by atoms with Crippen LogP contribution >= 0.6 is 0 Å². The maximum absolute atomic E-state index is 13.1. The molecule has 0 amide bonds. The first-order valence-electron chi connectivity index (χ1n) is 16.6. The Morgan fingerprint density at radius 2 is 1.20 bits per heavy atom. The molecule has 8 aromatic rings. The Balaban J connectivity index is 1.35. The van der Waals surface area contributed by atoms with Crippen molar-refractivity contribution in [2.75, 3.05) is 14.2 Å². The fourth-order valence-corrected chi connectivity index (χ4v) is 6.45. The van der Waals surface area contributed by atoms with Crippen molar-refractivity contribution < 1.29 is 13.9 Å². The molecule has 0 N–H and O–H groups in total. The van der Waals surface area contributed by atoms with Crippen molar-refractivity contribution in [2.24, 2.45) is 0 Å². The number of rotatable bonds is 8. The summed E-state index contributed by atoms with van der Waals surface area (Å²) < 4.78 is 18.7. The molecule has 0 radical (unpaired) electrons. The van der Waals surface area contributed by atoms with Crippen molar-refractivity contribution in [1.82, 2.24) is 14.8 Å². The number of nitrogens with zero attached hydrogens (tertiary/aromatic N) is 3. The predicted octanol–water partition coefficient (Wildman–Crippen LogP) is 10.0. The molecule has 0 bridgehead atoms. The van der Waals surface area contributed by atoms with Gasteiger partial charge in [0.2, 0.25) is 0 Å². The summed E-state index contributed by atoms with van der Waals surface area (Å²) in [6.45, 7) is 1.97. The van der Waals surface area contributed by atoms with E-state index in [9.17, 15) is 4.79 Å². The molecule has 0 unspecified atom stereocenters. The molecular weight excluding hydrogens is 635 g/mol. The van der Waals surface area contributed by atoms with Crippen LogP contribution < -0.4 is 15.1 Å². The topological polar surface area (TPSA) is 79.4 Å². The first-order valence-corrected chi connectivity index (χ1v) is 16.6. The number of methoxy groups -OCH3 is 2. The number of pyridine rings is 1. The lowest BCUT2D eigenvalue weighted by atomic mass is 9.96. The van der Waals surface area contributed by atoms with Crippen LogP contribution in [0.15, 0.2) is 155 Å². The summed E-state index contributed by atoms with van der Waals surface area (Å²) in [5.41, 5.74) is 10.4. The molecule has 0 spiro atoms. The van der Waals surface area contributed by atoms with Gasteiger partial charge in [-0.05, 0) is 115 Å². The normalized spacial score (nSPS) is 11.1. The molecule has 248 valence electrons. The van der Waals surface area contributed by atoms with Gasteiger partial charge in [0.05, 0.1) is 36.9 Å². The Hall–Kier alpha value is -6.73. The van der Waals surface area contributed by atoms with Gasteiger partial charge in [-0.3, -0.25) is 0 Å². The average molecular weight is 668 g/mol. The van der Waals surface area contributed by atoms with Crippen molar-refractivity contribution in [1.29, 1.82) is 0 Å². The second-order valence-corrected chi connectivity index (χ2v) is 12.2. The maximum atomic E-state index is 13.1. The summed E-state index contributed by atoms with van der Waals surface area (Å²) in [6.07, 6.45) is 2.07. The highest BCUT2D eigenvalue weighted by Crippen LogP contribution is 2.38. The highest BCUT2D eigenvalue weighted by molar-refractivity contribution is 5.91. The zero-order valence-electron chi connectivity index (χ0n) is 28.3. The van der Waals surface area contributed by atoms with Crippen LogP contribution in [0.4, 0.5) is 0 Å². The molecule has 0 atom stereocenters. The summed E-state index contributed by atoms with van der Waals surface area (Å²) in [5, 5.41) is 5.95. The summed E-state index contributed by atoms with van der Waals surface area (Å²) in [6, 6.07) is 45.6. The van der Waals surface area contributed by atoms with Gasteiger partial charge in [-0.2, -0.15) is 5.10 Å². The molecule has 7 heteroatoms. The minimum absolute atomic E-state index is 0.359. The summed E-state index contributed by atoms with van der Waals surface area (Å²) in [4.78, 5) is 18.3. The summed E-state index contributed by atoms with van der Waals surface area (Å²) in [7, 11) is 3.32. The lowest BCUT2D eigenvalue weighted by Crippen LogP contribution is -2.06. The van der Waals surface area contributed by atoms with Crippen LogP contribution in [0.25, 0.3) is 72.7 Å². The van der Waals surface area contributed by atoms with Crippen LogP contribution in [0, 0.1) is 6.92 Å². The second kappa shape index (κ2) is 13.3. The van der Waals surface area contributed by atoms with Gasteiger partial charge in [-0.15, -0.1) is 0 Å². The number of benzene rings is 5. The smallest absolute Gasteiger partial charge is 0.344 e. The van der Waals surface area contributed by atoms with E-state index in [1.54, 1.807) is 14.2 Å². The minimum Gasteiger partial charge on any atom is -0.497 e. The van der Waals surface area contributed by atoms with Gasteiger partial charge in [0, 0.05) is 33.8 Å². The Kier molecular flexibility index (Phi) is 8.22. The number of fused-ring (bicyclic) bond motifs is 1. The molecule has 3 heterocycles. The van der Waals surface area contributed by atoms with Gasteiger partial charge in [0.25, 0.3) is 0 Å². The second-order valence-electron chi connectivity index (χ2n) is 12.2. The van der Waals surface area contributed by atoms with E-state index in [2.05, 4.69) is 24.4 Å². The van der Waals surface area contributed by atoms with E-state index in [0.29, 0.717) is 11.1 Å². The van der Waals surface area contributed by atoms with Crippen LogP contribution in [0.2, 0.25) is 0 Å². The minimum atomic E-state index is -0.359. The molecule has 0 aliphatic heterocycles. The predicted molar refractivity (Wildman–Crippen MR) is 202 cm³/mol. The van der Waals surface area contributed by atoms with E-state index in [1.807, 2.05) is 133 Å². The summed E-state index contributed by atoms with van der Waals surface area (Å²) in [5.74, 6) is 1.54. The van der Waals surface area contributed by atoms with Crippen LogP contribution in [0.1, 0.15) is 5.56 Å². The number of hydrogen-bond donors (Lipinski definition) is 0. The Bertz CT molecular complexity index is 2560. The molecule has 0 fully saturated rings. The average Bonchev–Trinajstić information content (AvgIpc) is 3.64. The molecule has 0 saturated heterocycles. The zero-order valence-corrected chi connectivity index (χ0v) is 28.3. The van der Waals surface area contributed by atoms with Crippen LogP contribution in [0.5, 0.6) is 11.5 Å². The summed E-state index contributed by atoms with van der Waals surface area (Å²) >= 11 is 0. The molecule has 0 aliphatic rings. The zero-order chi connectivity index (χ0) is 34.9. The third-order valence-electron chi connectivity index (χ3n) is 9.14. The van der Waals surface area contributed by atoms with Crippen molar-refractivity contribution in [3.8, 4) is 73.2 Å². The Morgan fingerprint density at radius 1 is 0.608 bits per heavy atom. The van der Waals surface area contributed by atoms with E-state index < -0.39 is 0 Å². The maximum Gasteiger partial charge on any atom is 0.344 e. The monoisotopic (exact) mass is 667 g/mol. The van der Waals surface area contributed by atoms with E-state index in [-0.39, 0.29) is 5.63 Å². The SMILES string of the molecule is COc1ccc(-c2cc(-c3cn(-c4ccccc4)nc3-c3ccc(OC)cc3)cc(-c3ccc4oc(=O)c(-c5ccccc5)c(C)c4c3)n2)cc1. The van der Waals surface area contributed by atoms with E-state index in [0.717, 1.165) is 78.6 Å². The number of aromatic nitrogens is 3. The van der Waals surface area contributed by atoms with E-state index in [1.165, 1.54) is 0 Å². The van der Waals surface area contributed by atoms with Crippen molar-refractivity contribution >= 4 is 11.0 Å². The standard InChI is InChI=1S/C44H33N3O4/c1-28-37-24-32(18-23-41(37)51-44(48)42(28)30-10-6-4-7-11-30)40-26-33(25-39(45-40)29-14-19-35(49-2)20-15-29)38-27-47(34-12-8-5-9-13-34)46-43(38)31-16-21-36(50-3)22-17-31/h4-27H,1-3H3. The van der Waals surface area contributed by atoms with Crippen LogP contribution in [-0.4, -0.2) is 29.0 Å². The lowest BCUT2D eigenvalue weighted by molar-refractivity contribution is 0.415. The Labute approximate surface area is 295 Å². The number of aryl methyl sites for hydroxylation is 1. The molecule has 8 rings (SSSR count). The molecule has 51 heavy (non-hydrogen) atoms. The highest BCUT2D eigenvalue weighted by Gasteiger charge is 2.19. The quantitative estimate of drug-likeness (QED) is 0.150. The highest BCUT2D eigenvalue weighted by atomic mass is 16.5. The molecular formula is C44H33N3O4. The molecule has 0 aliphatic carbocycles. The van der Waals surface area contributed by atoms with Crippen LogP contribution in [-0.2, 0) is 0 Å². The van der Waals surface area contributed by atoms with Gasteiger partial charge in [-0.25, -0.2) is 14.5 Å².